The number of hydrogen-bond donors (Lipinski definition) is 1. The maximum absolute atomic E-state index is 12.7. The van der Waals surface area contributed by atoms with Gasteiger partial charge in [0.05, 0.1) is 11.4 Å². The second-order valence-electron chi connectivity index (χ2n) is 3.93. The highest BCUT2D eigenvalue weighted by molar-refractivity contribution is 5.56. The third-order valence-corrected chi connectivity index (χ3v) is 2.45. The predicted octanol–water partition coefficient (Wildman–Crippen LogP) is 2.35. The fraction of sp³-hybridized carbons (Fsp3) is 0.364. The largest absolute Gasteiger partial charge is 0.433 e. The average molecular weight is 271 g/mol. The molecule has 0 aromatic carbocycles. The molecule has 19 heavy (non-hydrogen) atoms. The molecule has 0 spiro atoms. The lowest BCUT2D eigenvalue weighted by atomic mass is 10.2. The van der Waals surface area contributed by atoms with E-state index in [-0.39, 0.29) is 5.69 Å². The van der Waals surface area contributed by atoms with Crippen LogP contribution in [0.2, 0.25) is 0 Å². The Kier molecular flexibility index (Phi) is 3.41. The maximum atomic E-state index is 12.7. The zero-order chi connectivity index (χ0) is 14.0. The van der Waals surface area contributed by atoms with Gasteiger partial charge in [0.2, 0.25) is 5.95 Å². The molecule has 8 heteroatoms. The first-order chi connectivity index (χ1) is 8.91. The molecule has 0 aliphatic heterocycles. The van der Waals surface area contributed by atoms with Crippen molar-refractivity contribution in [2.45, 2.75) is 26.1 Å². The summed E-state index contributed by atoms with van der Waals surface area (Å²) in [7, 11) is 0. The molecule has 0 fully saturated rings. The maximum Gasteiger partial charge on any atom is 0.433 e. The molecule has 0 unspecified atom stereocenters. The van der Waals surface area contributed by atoms with Crippen molar-refractivity contribution in [3.8, 4) is 11.4 Å². The van der Waals surface area contributed by atoms with Crippen LogP contribution in [0.15, 0.2) is 18.3 Å². The third-order valence-electron chi connectivity index (χ3n) is 2.45. The van der Waals surface area contributed by atoms with Crippen LogP contribution in [-0.4, -0.2) is 19.7 Å². The molecule has 5 nitrogen and oxygen atoms in total. The zero-order valence-corrected chi connectivity index (χ0v) is 10.1. The molecule has 0 aliphatic carbocycles. The summed E-state index contributed by atoms with van der Waals surface area (Å²) in [5.74, 6) is -0.408. The lowest BCUT2D eigenvalue weighted by molar-refractivity contribution is -0.141. The van der Waals surface area contributed by atoms with Gasteiger partial charge in [0, 0.05) is 12.7 Å². The van der Waals surface area contributed by atoms with Crippen molar-refractivity contribution < 1.29 is 13.2 Å². The van der Waals surface area contributed by atoms with Gasteiger partial charge in [-0.3, -0.25) is 4.68 Å². The second kappa shape index (κ2) is 4.87. The van der Waals surface area contributed by atoms with Crippen LogP contribution in [0.1, 0.15) is 19.0 Å². The molecule has 2 heterocycles. The van der Waals surface area contributed by atoms with E-state index in [1.54, 1.807) is 10.7 Å². The highest BCUT2D eigenvalue weighted by Gasteiger charge is 2.33. The van der Waals surface area contributed by atoms with Crippen LogP contribution in [0.25, 0.3) is 11.4 Å². The number of aromatic nitrogens is 4. The summed E-state index contributed by atoms with van der Waals surface area (Å²) in [6, 6.07) is 2.47. The van der Waals surface area contributed by atoms with Crippen LogP contribution in [0, 0.1) is 0 Å². The van der Waals surface area contributed by atoms with Crippen LogP contribution >= 0.6 is 0 Å². The van der Waals surface area contributed by atoms with Crippen molar-refractivity contribution in [2.75, 3.05) is 5.73 Å². The topological polar surface area (TPSA) is 69.6 Å². The zero-order valence-electron chi connectivity index (χ0n) is 10.1. The molecule has 0 saturated heterocycles. The molecule has 0 aliphatic rings. The summed E-state index contributed by atoms with van der Waals surface area (Å²) < 4.78 is 39.6. The van der Waals surface area contributed by atoms with Gasteiger partial charge in [-0.15, -0.1) is 0 Å². The molecule has 0 bridgehead atoms. The summed E-state index contributed by atoms with van der Waals surface area (Å²) in [4.78, 5) is 7.04. The van der Waals surface area contributed by atoms with E-state index in [0.29, 0.717) is 12.2 Å². The Labute approximate surface area is 107 Å². The number of nitrogens with two attached hydrogens (primary N) is 1. The molecule has 2 aromatic rings. The van der Waals surface area contributed by atoms with Crippen molar-refractivity contribution in [1.29, 1.82) is 0 Å². The first kappa shape index (κ1) is 13.3. The number of hydrogen-bond acceptors (Lipinski definition) is 4. The van der Waals surface area contributed by atoms with Gasteiger partial charge in [0.25, 0.3) is 0 Å². The van der Waals surface area contributed by atoms with E-state index >= 15 is 0 Å². The minimum Gasteiger partial charge on any atom is -0.368 e. The van der Waals surface area contributed by atoms with E-state index in [2.05, 4.69) is 15.1 Å². The lowest BCUT2D eigenvalue weighted by Gasteiger charge is -2.10. The van der Waals surface area contributed by atoms with Gasteiger partial charge in [0.15, 0.2) is 5.69 Å². The van der Waals surface area contributed by atoms with Crippen LogP contribution in [0.5, 0.6) is 0 Å². The highest BCUT2D eigenvalue weighted by Crippen LogP contribution is 2.30. The molecule has 0 saturated carbocycles. The number of nitrogens with zero attached hydrogens (tertiary/aromatic N) is 4. The number of nitrogen functional groups attached to an aromatic ring is 1. The lowest BCUT2D eigenvalue weighted by Crippen LogP contribution is -2.12. The van der Waals surface area contributed by atoms with E-state index in [1.807, 2.05) is 6.92 Å². The van der Waals surface area contributed by atoms with Crippen molar-refractivity contribution in [1.82, 2.24) is 19.7 Å². The van der Waals surface area contributed by atoms with Crippen molar-refractivity contribution in [3.05, 3.63) is 24.0 Å². The fourth-order valence-electron chi connectivity index (χ4n) is 1.68. The average Bonchev–Trinajstić information content (AvgIpc) is 2.76. The Balaban J connectivity index is 2.50. The molecule has 0 radical (unpaired) electrons. The van der Waals surface area contributed by atoms with Gasteiger partial charge in [-0.25, -0.2) is 9.97 Å². The van der Waals surface area contributed by atoms with E-state index in [9.17, 15) is 13.2 Å². The monoisotopic (exact) mass is 271 g/mol. The van der Waals surface area contributed by atoms with Gasteiger partial charge in [0.1, 0.15) is 0 Å². The molecule has 102 valence electrons. The smallest absolute Gasteiger partial charge is 0.368 e. The molecular weight excluding hydrogens is 259 g/mol. The summed E-state index contributed by atoms with van der Waals surface area (Å²) in [5, 5.41) is 4.04. The van der Waals surface area contributed by atoms with Crippen LogP contribution < -0.4 is 5.73 Å². The summed E-state index contributed by atoms with van der Waals surface area (Å²) in [6.45, 7) is 2.54. The standard InChI is InChI=1S/C11H12F3N5/c1-2-5-19-8(3-4-16-19)7-6-9(11(12,13)14)18-10(15)17-7/h3-4,6H,2,5H2,1H3,(H2,15,17,18). The van der Waals surface area contributed by atoms with Gasteiger partial charge in [-0.2, -0.15) is 18.3 Å². The first-order valence-electron chi connectivity index (χ1n) is 5.65. The van der Waals surface area contributed by atoms with Gasteiger partial charge >= 0.3 is 6.18 Å². The molecule has 0 atom stereocenters. The molecule has 0 amide bonds. The van der Waals surface area contributed by atoms with Crippen molar-refractivity contribution in [3.63, 3.8) is 0 Å². The highest BCUT2D eigenvalue weighted by atomic mass is 19.4. The van der Waals surface area contributed by atoms with E-state index in [4.69, 9.17) is 5.73 Å². The second-order valence-corrected chi connectivity index (χ2v) is 3.93. The first-order valence-corrected chi connectivity index (χ1v) is 5.65. The summed E-state index contributed by atoms with van der Waals surface area (Å²) in [6.07, 6.45) is -2.24. The van der Waals surface area contributed by atoms with Crippen molar-refractivity contribution >= 4 is 5.95 Å². The SMILES string of the molecule is CCCn1nccc1-c1cc(C(F)(F)F)nc(N)n1. The molecule has 2 rings (SSSR count). The number of anilines is 1. The number of rotatable bonds is 3. The third kappa shape index (κ3) is 2.83. The molecule has 2 N–H and O–H groups in total. The number of alkyl halides is 3. The summed E-state index contributed by atoms with van der Waals surface area (Å²) in [5.41, 5.74) is 4.88. The Morgan fingerprint density at radius 1 is 1.32 bits per heavy atom. The van der Waals surface area contributed by atoms with Crippen LogP contribution in [0.3, 0.4) is 0 Å². The van der Waals surface area contributed by atoms with Gasteiger partial charge in [-0.1, -0.05) is 6.92 Å². The van der Waals surface area contributed by atoms with E-state index in [0.717, 1.165) is 12.5 Å². The van der Waals surface area contributed by atoms with Crippen molar-refractivity contribution in [2.24, 2.45) is 0 Å². The Bertz CT molecular complexity index is 576. The van der Waals surface area contributed by atoms with Gasteiger partial charge < -0.3 is 5.73 Å². The molecular formula is C11H12F3N5. The van der Waals surface area contributed by atoms with Gasteiger partial charge in [-0.05, 0) is 18.6 Å². The normalized spacial score (nSPS) is 11.8. The van der Waals surface area contributed by atoms with Crippen LogP contribution in [-0.2, 0) is 12.7 Å². The predicted molar refractivity (Wildman–Crippen MR) is 63.0 cm³/mol. The van der Waals surface area contributed by atoms with E-state index in [1.165, 1.54) is 6.20 Å². The number of aryl methyl sites for hydroxylation is 1. The minimum absolute atomic E-state index is 0.116. The summed E-state index contributed by atoms with van der Waals surface area (Å²) >= 11 is 0. The van der Waals surface area contributed by atoms with E-state index < -0.39 is 17.8 Å². The Hall–Kier alpha value is -2.12. The fourth-order valence-corrected chi connectivity index (χ4v) is 1.68. The Morgan fingerprint density at radius 3 is 2.68 bits per heavy atom. The Morgan fingerprint density at radius 2 is 2.05 bits per heavy atom. The van der Waals surface area contributed by atoms with Crippen LogP contribution in [0.4, 0.5) is 19.1 Å². The number of halogens is 3. The quantitative estimate of drug-likeness (QED) is 0.930. The minimum atomic E-state index is -4.55. The molecule has 2 aromatic heterocycles.